The van der Waals surface area contributed by atoms with Crippen LogP contribution in [0.5, 0.6) is 11.5 Å². The molecule has 2 N–H and O–H groups in total. The number of allylic oxidation sites excluding steroid dienone is 1. The van der Waals surface area contributed by atoms with Crippen molar-refractivity contribution in [1.29, 1.82) is 0 Å². The summed E-state index contributed by atoms with van der Waals surface area (Å²) in [6.45, 7) is 8.60. The molecule has 1 unspecified atom stereocenters. The van der Waals surface area contributed by atoms with Gasteiger partial charge in [0.05, 0.1) is 18.2 Å². The van der Waals surface area contributed by atoms with Crippen LogP contribution in [0.25, 0.3) is 0 Å². The number of benzene rings is 2. The monoisotopic (exact) mass is 493 g/mol. The lowest BCUT2D eigenvalue weighted by molar-refractivity contribution is -0.140. The second kappa shape index (κ2) is 10.7. The summed E-state index contributed by atoms with van der Waals surface area (Å²) in [4.78, 5) is 40.2. The predicted molar refractivity (Wildman–Crippen MR) is 134 cm³/mol. The molecule has 0 spiro atoms. The Kier molecular flexibility index (Phi) is 7.47. The van der Waals surface area contributed by atoms with Gasteiger partial charge < -0.3 is 24.8 Å². The van der Waals surface area contributed by atoms with Gasteiger partial charge in [-0.1, -0.05) is 32.9 Å². The number of rotatable bonds is 8. The zero-order chi connectivity index (χ0) is 25.8. The summed E-state index contributed by atoms with van der Waals surface area (Å²) in [5.41, 5.74) is 2.70. The Morgan fingerprint density at radius 3 is 2.56 bits per heavy atom. The van der Waals surface area contributed by atoms with Crippen LogP contribution in [0.1, 0.15) is 56.1 Å². The Hall–Kier alpha value is -4.01. The van der Waals surface area contributed by atoms with Gasteiger partial charge in [-0.25, -0.2) is 9.59 Å². The normalized spacial score (nSPS) is 16.8. The molecule has 9 nitrogen and oxygen atoms in total. The van der Waals surface area contributed by atoms with Gasteiger partial charge in [0.15, 0.2) is 11.5 Å². The van der Waals surface area contributed by atoms with Gasteiger partial charge in [0.2, 0.25) is 6.79 Å². The molecule has 2 heterocycles. The molecule has 9 heteroatoms. The summed E-state index contributed by atoms with van der Waals surface area (Å²) in [6.07, 6.45) is 0.752. The smallest absolute Gasteiger partial charge is 0.338 e. The predicted octanol–water partition coefficient (Wildman–Crippen LogP) is 4.62. The number of carbonyl (C=O) groups is 3. The van der Waals surface area contributed by atoms with Crippen LogP contribution in [-0.4, -0.2) is 42.8 Å². The van der Waals surface area contributed by atoms with Crippen molar-refractivity contribution in [3.63, 3.8) is 0 Å². The maximum atomic E-state index is 13.1. The molecular formula is C27H31N3O6. The van der Waals surface area contributed by atoms with E-state index in [2.05, 4.69) is 10.6 Å². The first-order valence-corrected chi connectivity index (χ1v) is 12.0. The molecule has 4 rings (SSSR count). The van der Waals surface area contributed by atoms with Crippen LogP contribution in [0.4, 0.5) is 10.5 Å². The third-order valence-corrected chi connectivity index (χ3v) is 5.95. The molecular weight excluding hydrogens is 462 g/mol. The molecule has 0 saturated carbocycles. The molecule has 0 aromatic heterocycles. The van der Waals surface area contributed by atoms with E-state index in [0.717, 1.165) is 6.42 Å². The Balaban J connectivity index is 1.55. The van der Waals surface area contributed by atoms with E-state index in [9.17, 15) is 14.4 Å². The number of carbonyl (C=O) groups excluding carboxylic acids is 3. The van der Waals surface area contributed by atoms with Crippen LogP contribution in [0.3, 0.4) is 0 Å². The lowest BCUT2D eigenvalue weighted by Crippen LogP contribution is -2.48. The first-order chi connectivity index (χ1) is 17.3. The van der Waals surface area contributed by atoms with Gasteiger partial charge in [-0.2, -0.15) is 0 Å². The van der Waals surface area contributed by atoms with Crippen LogP contribution >= 0.6 is 0 Å². The molecule has 1 atom stereocenters. The highest BCUT2D eigenvalue weighted by molar-refractivity contribution is 6.04. The van der Waals surface area contributed by atoms with E-state index in [1.807, 2.05) is 20.8 Å². The van der Waals surface area contributed by atoms with Crippen LogP contribution in [0.2, 0.25) is 0 Å². The number of urea groups is 1. The molecule has 2 aromatic carbocycles. The number of nitrogens with one attached hydrogen (secondary N) is 2. The van der Waals surface area contributed by atoms with Crippen molar-refractivity contribution in [3.05, 3.63) is 64.9 Å². The third kappa shape index (κ3) is 5.30. The highest BCUT2D eigenvalue weighted by atomic mass is 16.7. The van der Waals surface area contributed by atoms with E-state index >= 15 is 0 Å². The number of anilines is 1. The van der Waals surface area contributed by atoms with E-state index in [0.29, 0.717) is 46.1 Å². The zero-order valence-corrected chi connectivity index (χ0v) is 20.9. The summed E-state index contributed by atoms with van der Waals surface area (Å²) in [5, 5.41) is 5.79. The van der Waals surface area contributed by atoms with Crippen molar-refractivity contribution in [3.8, 4) is 11.5 Å². The lowest BCUT2D eigenvalue weighted by Gasteiger charge is -2.35. The maximum Gasteiger partial charge on any atom is 0.338 e. The minimum absolute atomic E-state index is 0.136. The summed E-state index contributed by atoms with van der Waals surface area (Å²) in [5.74, 6) is 0.575. The topological polar surface area (TPSA) is 106 Å². The van der Waals surface area contributed by atoms with E-state index in [1.165, 1.54) is 0 Å². The third-order valence-electron chi connectivity index (χ3n) is 5.95. The number of fused-ring (bicyclic) bond motifs is 1. The van der Waals surface area contributed by atoms with E-state index in [1.54, 1.807) is 54.3 Å². The largest absolute Gasteiger partial charge is 0.462 e. The molecule has 0 aliphatic carbocycles. The minimum Gasteiger partial charge on any atom is -0.462 e. The van der Waals surface area contributed by atoms with Crippen molar-refractivity contribution in [2.75, 3.05) is 25.3 Å². The Labute approximate surface area is 210 Å². The number of hydrogen-bond donors (Lipinski definition) is 2. The van der Waals surface area contributed by atoms with Gasteiger partial charge >= 0.3 is 12.0 Å². The maximum absolute atomic E-state index is 13.1. The summed E-state index contributed by atoms with van der Waals surface area (Å²) in [6, 6.07) is 11.1. The average molecular weight is 494 g/mol. The van der Waals surface area contributed by atoms with Gasteiger partial charge in [-0.15, -0.1) is 0 Å². The summed E-state index contributed by atoms with van der Waals surface area (Å²) >= 11 is 0. The number of amides is 3. The van der Waals surface area contributed by atoms with Gasteiger partial charge in [0.25, 0.3) is 5.91 Å². The fraction of sp³-hybridized carbons (Fsp3) is 0.370. The van der Waals surface area contributed by atoms with E-state index in [-0.39, 0.29) is 31.3 Å². The van der Waals surface area contributed by atoms with Crippen molar-refractivity contribution in [2.45, 2.75) is 40.2 Å². The summed E-state index contributed by atoms with van der Waals surface area (Å²) in [7, 11) is 0. The second-order valence-electron chi connectivity index (χ2n) is 9.17. The lowest BCUT2D eigenvalue weighted by atomic mass is 9.94. The van der Waals surface area contributed by atoms with Crippen molar-refractivity contribution >= 4 is 23.6 Å². The fourth-order valence-electron chi connectivity index (χ4n) is 4.11. The Morgan fingerprint density at radius 2 is 1.86 bits per heavy atom. The highest BCUT2D eigenvalue weighted by Gasteiger charge is 2.36. The zero-order valence-electron chi connectivity index (χ0n) is 20.9. The molecule has 0 fully saturated rings. The summed E-state index contributed by atoms with van der Waals surface area (Å²) < 4.78 is 16.2. The standard InChI is InChI=1S/C27H31N3O6/c1-5-12-30-17(4)23(26(32)34-14-16(2)3)24(29-27(30)33)18-6-9-20(10-7-18)28-25(31)19-8-11-21-22(13-19)36-15-35-21/h6-11,13,16,24H,5,12,14-15H2,1-4H3,(H,28,31)(H,29,33). The number of ether oxygens (including phenoxy) is 3. The van der Waals surface area contributed by atoms with Crippen molar-refractivity contribution in [2.24, 2.45) is 5.92 Å². The van der Waals surface area contributed by atoms with Crippen LogP contribution < -0.4 is 20.1 Å². The van der Waals surface area contributed by atoms with Crippen molar-refractivity contribution in [1.82, 2.24) is 10.2 Å². The number of esters is 1. The molecule has 36 heavy (non-hydrogen) atoms. The van der Waals surface area contributed by atoms with Crippen LogP contribution in [0, 0.1) is 5.92 Å². The highest BCUT2D eigenvalue weighted by Crippen LogP contribution is 2.34. The first-order valence-electron chi connectivity index (χ1n) is 12.0. The quantitative estimate of drug-likeness (QED) is 0.520. The Bertz CT molecular complexity index is 1190. The molecule has 0 radical (unpaired) electrons. The molecule has 3 amide bonds. The van der Waals surface area contributed by atoms with Crippen LogP contribution in [0.15, 0.2) is 53.7 Å². The molecule has 2 aliphatic rings. The number of nitrogens with zero attached hydrogens (tertiary/aromatic N) is 1. The van der Waals surface area contributed by atoms with Gasteiger partial charge in [0, 0.05) is 23.5 Å². The van der Waals surface area contributed by atoms with E-state index in [4.69, 9.17) is 14.2 Å². The molecule has 190 valence electrons. The van der Waals surface area contributed by atoms with Gasteiger partial charge in [-0.05, 0) is 55.2 Å². The van der Waals surface area contributed by atoms with Crippen molar-refractivity contribution < 1.29 is 28.6 Å². The Morgan fingerprint density at radius 1 is 1.14 bits per heavy atom. The fourth-order valence-corrected chi connectivity index (χ4v) is 4.11. The molecule has 0 bridgehead atoms. The average Bonchev–Trinajstić information content (AvgIpc) is 3.33. The molecule has 2 aliphatic heterocycles. The second-order valence-corrected chi connectivity index (χ2v) is 9.17. The van der Waals surface area contributed by atoms with Crippen LogP contribution in [-0.2, 0) is 9.53 Å². The molecule has 0 saturated heterocycles. The first kappa shape index (κ1) is 25.1. The molecule has 2 aromatic rings. The SMILES string of the molecule is CCCN1C(=O)NC(c2ccc(NC(=O)c3ccc4c(c3)OCO4)cc2)C(C(=O)OCC(C)C)=C1C. The minimum atomic E-state index is -0.663. The van der Waals surface area contributed by atoms with Gasteiger partial charge in [-0.3, -0.25) is 9.69 Å². The number of hydrogen-bond acceptors (Lipinski definition) is 6. The van der Waals surface area contributed by atoms with Gasteiger partial charge in [0.1, 0.15) is 0 Å². The van der Waals surface area contributed by atoms with E-state index < -0.39 is 12.0 Å².